The molecule has 0 aliphatic carbocycles. The summed E-state index contributed by atoms with van der Waals surface area (Å²) in [4.78, 5) is 0. The van der Waals surface area contributed by atoms with Crippen molar-refractivity contribution in [1.82, 2.24) is 0 Å². The van der Waals surface area contributed by atoms with Crippen LogP contribution in [0.2, 0.25) is 0 Å². The van der Waals surface area contributed by atoms with Crippen molar-refractivity contribution in [2.45, 2.75) is 6.61 Å². The number of rotatable bonds is 2. The molecule has 3 N–H and O–H groups in total. The molecule has 0 fully saturated rings. The second kappa shape index (κ2) is 2.57. The van der Waals surface area contributed by atoms with E-state index < -0.39 is 0 Å². The molecule has 0 atom stereocenters. The fraction of sp³-hybridized carbons (Fsp3) is 0.400. The Morgan fingerprint density at radius 3 is 2.70 bits per heavy atom. The van der Waals surface area contributed by atoms with Crippen molar-refractivity contribution in [3.8, 4) is 0 Å². The summed E-state index contributed by atoms with van der Waals surface area (Å²) in [5.41, 5.74) is 5.27. The molecule has 0 amide bonds. The molecule has 5 heteroatoms. The average molecular weight is 144 g/mol. The number of ether oxygens (including phenoxy) is 1. The summed E-state index contributed by atoms with van der Waals surface area (Å²) in [6, 6.07) is 0. The molecule has 10 heavy (non-hydrogen) atoms. The maximum absolute atomic E-state index is 6.87. The van der Waals surface area contributed by atoms with Gasteiger partial charge in [-0.05, 0) is 0 Å². The molecule has 1 heterocycles. The van der Waals surface area contributed by atoms with E-state index in [1.165, 1.54) is 7.11 Å². The van der Waals surface area contributed by atoms with Gasteiger partial charge in [-0.25, -0.2) is 5.41 Å². The second-order valence-electron chi connectivity index (χ2n) is 1.71. The Bertz CT molecular complexity index is 262. The molecule has 0 saturated carbocycles. The van der Waals surface area contributed by atoms with E-state index in [9.17, 15) is 0 Å². The predicted molar refractivity (Wildman–Crippen MR) is 32.0 cm³/mol. The lowest BCUT2D eigenvalue weighted by atomic mass is 10.5. The third-order valence-electron chi connectivity index (χ3n) is 0.969. The average Bonchev–Trinajstić information content (AvgIpc) is 2.13. The van der Waals surface area contributed by atoms with E-state index in [-0.39, 0.29) is 18.2 Å². The lowest BCUT2D eigenvalue weighted by Crippen LogP contribution is -1.90. The first-order valence-corrected chi connectivity index (χ1v) is 2.66. The highest BCUT2D eigenvalue weighted by atomic mass is 16.5. The fourth-order valence-corrected chi connectivity index (χ4v) is 0.571. The minimum absolute atomic E-state index is 0.104. The zero-order valence-corrected chi connectivity index (χ0v) is 5.51. The van der Waals surface area contributed by atoms with Crippen LogP contribution in [0.1, 0.15) is 5.76 Å². The minimum Gasteiger partial charge on any atom is -0.408 e. The van der Waals surface area contributed by atoms with Crippen LogP contribution in [0.3, 0.4) is 0 Å². The van der Waals surface area contributed by atoms with Crippen LogP contribution in [0, 0.1) is 5.41 Å². The standard InChI is InChI=1S/C5H8N2O3/c1-8-2-3-4(6)10-5(7)9-3/h7H,2,6H2,1H3. The molecular weight excluding hydrogens is 136 g/mol. The van der Waals surface area contributed by atoms with Crippen LogP contribution >= 0.6 is 0 Å². The van der Waals surface area contributed by atoms with Crippen molar-refractivity contribution < 1.29 is 13.6 Å². The van der Waals surface area contributed by atoms with Crippen molar-refractivity contribution in [2.75, 3.05) is 12.8 Å². The Labute approximate surface area is 56.9 Å². The van der Waals surface area contributed by atoms with E-state index in [0.29, 0.717) is 5.76 Å². The number of hydrogen-bond acceptors (Lipinski definition) is 5. The van der Waals surface area contributed by atoms with Gasteiger partial charge in [0.2, 0.25) is 5.88 Å². The minimum atomic E-state index is -0.301. The molecule has 0 unspecified atom stereocenters. The highest BCUT2D eigenvalue weighted by Crippen LogP contribution is 2.08. The molecule has 0 aromatic carbocycles. The van der Waals surface area contributed by atoms with Gasteiger partial charge >= 0.3 is 5.75 Å². The summed E-state index contributed by atoms with van der Waals surface area (Å²) >= 11 is 0. The molecule has 0 spiro atoms. The predicted octanol–water partition coefficient (Wildman–Crippen LogP) is 0.0807. The zero-order chi connectivity index (χ0) is 7.56. The van der Waals surface area contributed by atoms with E-state index in [1.807, 2.05) is 0 Å². The summed E-state index contributed by atoms with van der Waals surface area (Å²) in [7, 11) is 1.51. The molecule has 1 rings (SSSR count). The van der Waals surface area contributed by atoms with Crippen LogP contribution in [0.4, 0.5) is 5.88 Å². The molecule has 56 valence electrons. The topological polar surface area (TPSA) is 85.4 Å². The van der Waals surface area contributed by atoms with Gasteiger partial charge in [-0.1, -0.05) is 0 Å². The highest BCUT2D eigenvalue weighted by molar-refractivity contribution is 5.25. The maximum atomic E-state index is 6.87. The van der Waals surface area contributed by atoms with Crippen molar-refractivity contribution in [3.63, 3.8) is 0 Å². The molecule has 0 bridgehead atoms. The second-order valence-corrected chi connectivity index (χ2v) is 1.71. The molecule has 1 aromatic rings. The molecular formula is C5H8N2O3. The van der Waals surface area contributed by atoms with E-state index >= 15 is 0 Å². The van der Waals surface area contributed by atoms with Crippen LogP contribution in [0.15, 0.2) is 8.83 Å². The van der Waals surface area contributed by atoms with Gasteiger partial charge in [-0.15, -0.1) is 0 Å². The van der Waals surface area contributed by atoms with Gasteiger partial charge in [0.25, 0.3) is 0 Å². The lowest BCUT2D eigenvalue weighted by molar-refractivity contribution is 0.161. The maximum Gasteiger partial charge on any atom is 0.393 e. The Hall–Kier alpha value is -1.23. The van der Waals surface area contributed by atoms with E-state index in [1.54, 1.807) is 0 Å². The van der Waals surface area contributed by atoms with Crippen molar-refractivity contribution in [2.24, 2.45) is 0 Å². The summed E-state index contributed by atoms with van der Waals surface area (Å²) < 4.78 is 14.0. The number of nitrogens with one attached hydrogen (secondary N) is 1. The van der Waals surface area contributed by atoms with Crippen LogP contribution in [0.5, 0.6) is 0 Å². The Morgan fingerprint density at radius 2 is 2.30 bits per heavy atom. The van der Waals surface area contributed by atoms with Crippen LogP contribution < -0.4 is 11.5 Å². The van der Waals surface area contributed by atoms with E-state index in [2.05, 4.69) is 4.42 Å². The summed E-state index contributed by atoms with van der Waals surface area (Å²) in [6.07, 6.45) is 0. The summed E-state index contributed by atoms with van der Waals surface area (Å²) in [5, 5.41) is 6.87. The molecule has 5 nitrogen and oxygen atoms in total. The summed E-state index contributed by atoms with van der Waals surface area (Å²) in [6.45, 7) is 0.230. The van der Waals surface area contributed by atoms with Gasteiger partial charge in [0, 0.05) is 7.11 Å². The fourth-order valence-electron chi connectivity index (χ4n) is 0.571. The normalized spacial score (nSPS) is 10.1. The first-order chi connectivity index (χ1) is 4.74. The third-order valence-corrected chi connectivity index (χ3v) is 0.969. The first-order valence-electron chi connectivity index (χ1n) is 2.66. The SMILES string of the molecule is COCc1oc(=N)oc1N. The van der Waals surface area contributed by atoms with Crippen LogP contribution in [0.25, 0.3) is 0 Å². The summed E-state index contributed by atoms with van der Waals surface area (Å²) in [5.74, 6) is 0.156. The van der Waals surface area contributed by atoms with Gasteiger partial charge in [-0.2, -0.15) is 0 Å². The smallest absolute Gasteiger partial charge is 0.393 e. The molecule has 0 saturated heterocycles. The lowest BCUT2D eigenvalue weighted by Gasteiger charge is -1.90. The largest absolute Gasteiger partial charge is 0.408 e. The van der Waals surface area contributed by atoms with Crippen LogP contribution in [-0.2, 0) is 11.3 Å². The quantitative estimate of drug-likeness (QED) is 0.615. The molecule has 1 aromatic heterocycles. The van der Waals surface area contributed by atoms with E-state index in [0.717, 1.165) is 0 Å². The van der Waals surface area contributed by atoms with Crippen molar-refractivity contribution >= 4 is 5.88 Å². The van der Waals surface area contributed by atoms with Crippen molar-refractivity contribution in [3.05, 3.63) is 11.5 Å². The molecule has 0 radical (unpaired) electrons. The Morgan fingerprint density at radius 1 is 1.60 bits per heavy atom. The number of nitrogens with two attached hydrogens (primary N) is 1. The molecule has 0 aliphatic rings. The third kappa shape index (κ3) is 1.19. The number of hydrogen-bond donors (Lipinski definition) is 2. The van der Waals surface area contributed by atoms with E-state index in [4.69, 9.17) is 20.3 Å². The van der Waals surface area contributed by atoms with Gasteiger partial charge in [0.1, 0.15) is 6.61 Å². The Kier molecular flexibility index (Phi) is 1.77. The number of methoxy groups -OCH3 is 1. The zero-order valence-electron chi connectivity index (χ0n) is 5.51. The first kappa shape index (κ1) is 6.88. The van der Waals surface area contributed by atoms with Gasteiger partial charge < -0.3 is 19.3 Å². The molecule has 0 aliphatic heterocycles. The Balaban J connectivity index is 2.92. The highest BCUT2D eigenvalue weighted by Gasteiger charge is 2.05. The number of anilines is 1. The van der Waals surface area contributed by atoms with Gasteiger partial charge in [0.05, 0.1) is 0 Å². The van der Waals surface area contributed by atoms with Gasteiger partial charge in [0.15, 0.2) is 5.76 Å². The monoisotopic (exact) mass is 144 g/mol. The van der Waals surface area contributed by atoms with Crippen LogP contribution in [-0.4, -0.2) is 7.11 Å². The van der Waals surface area contributed by atoms with Gasteiger partial charge in [-0.3, -0.25) is 0 Å². The van der Waals surface area contributed by atoms with Crippen molar-refractivity contribution in [1.29, 1.82) is 5.41 Å². The number of nitrogen functional groups attached to an aromatic ring is 1.